The van der Waals surface area contributed by atoms with Crippen LogP contribution in [0.2, 0.25) is 5.02 Å². The molecular weight excluding hydrogens is 274 g/mol. The average Bonchev–Trinajstić information content (AvgIpc) is 2.10. The van der Waals surface area contributed by atoms with Crippen molar-refractivity contribution in [2.24, 2.45) is 4.99 Å². The molecule has 0 aliphatic rings. The topological polar surface area (TPSA) is 29.4 Å². The van der Waals surface area contributed by atoms with Gasteiger partial charge in [-0.25, -0.2) is 0 Å². The summed E-state index contributed by atoms with van der Waals surface area (Å²) in [6.45, 7) is 0. The third kappa shape index (κ3) is 2.71. The molecule has 1 rings (SSSR count). The van der Waals surface area contributed by atoms with Crippen LogP contribution in [0.1, 0.15) is 10.4 Å². The number of halogens is 2. The average molecular weight is 277 g/mol. The van der Waals surface area contributed by atoms with Crippen molar-refractivity contribution in [1.82, 2.24) is 0 Å². The second-order valence-electron chi connectivity index (χ2n) is 2.14. The summed E-state index contributed by atoms with van der Waals surface area (Å²) in [6.07, 6.45) is 0. The van der Waals surface area contributed by atoms with E-state index in [4.69, 9.17) is 11.6 Å². The number of hydrogen-bond donors (Lipinski definition) is 0. The van der Waals surface area contributed by atoms with Crippen LogP contribution in [-0.4, -0.2) is 11.1 Å². The third-order valence-electron chi connectivity index (χ3n) is 1.31. The van der Waals surface area contributed by atoms with Crippen LogP contribution in [0.5, 0.6) is 0 Å². The molecule has 0 saturated heterocycles. The summed E-state index contributed by atoms with van der Waals surface area (Å²) < 4.78 is 0.733. The Morgan fingerprint density at radius 1 is 1.62 bits per heavy atom. The van der Waals surface area contributed by atoms with Gasteiger partial charge in [-0.1, -0.05) is 11.6 Å². The number of carbonyl (C=O) groups excluding carboxylic acids is 1. The molecule has 2 nitrogen and oxygen atoms in total. The molecule has 13 heavy (non-hydrogen) atoms. The van der Waals surface area contributed by atoms with Gasteiger partial charge >= 0.3 is 0 Å². The first kappa shape index (κ1) is 10.5. The molecule has 0 spiro atoms. The first-order valence-corrected chi connectivity index (χ1v) is 4.80. The number of nitrogens with zero attached hydrogens (tertiary/aromatic N) is 1. The van der Waals surface area contributed by atoms with Crippen LogP contribution < -0.4 is 0 Å². The predicted molar refractivity (Wildman–Crippen MR) is 58.5 cm³/mol. The van der Waals surface area contributed by atoms with E-state index in [1.807, 2.05) is 5.16 Å². The fourth-order valence-electron chi connectivity index (χ4n) is 0.735. The number of amides is 1. The van der Waals surface area contributed by atoms with E-state index < -0.39 is 5.91 Å². The van der Waals surface area contributed by atoms with Gasteiger partial charge in [-0.15, -0.1) is 0 Å². The van der Waals surface area contributed by atoms with Crippen molar-refractivity contribution in [1.29, 1.82) is 0 Å². The van der Waals surface area contributed by atoms with Gasteiger partial charge in [0, 0.05) is 10.0 Å². The molecule has 0 saturated carbocycles. The van der Waals surface area contributed by atoms with E-state index in [1.165, 1.54) is 6.07 Å². The van der Waals surface area contributed by atoms with Gasteiger partial charge in [0.15, 0.2) is 0 Å². The van der Waals surface area contributed by atoms with Crippen LogP contribution in [-0.2, 0) is 0 Å². The molecule has 66 valence electrons. The Balaban J connectivity index is 3.10. The van der Waals surface area contributed by atoms with Gasteiger partial charge < -0.3 is 0 Å². The lowest BCUT2D eigenvalue weighted by Crippen LogP contribution is -1.93. The molecule has 0 aliphatic carbocycles. The number of isothiocyanates is 1. The molecule has 0 fully saturated rings. The summed E-state index contributed by atoms with van der Waals surface area (Å²) in [5.41, 5.74) is 0.394. The minimum atomic E-state index is -0.440. The van der Waals surface area contributed by atoms with Gasteiger partial charge in [0.05, 0.1) is 10.2 Å². The van der Waals surface area contributed by atoms with E-state index in [9.17, 15) is 4.79 Å². The van der Waals surface area contributed by atoms with Crippen LogP contribution in [0.25, 0.3) is 0 Å². The molecule has 0 N–H and O–H groups in total. The van der Waals surface area contributed by atoms with E-state index in [0.29, 0.717) is 10.6 Å². The van der Waals surface area contributed by atoms with Gasteiger partial charge in [0.1, 0.15) is 0 Å². The first-order valence-electron chi connectivity index (χ1n) is 3.22. The van der Waals surface area contributed by atoms with Gasteiger partial charge in [-0.05, 0) is 46.3 Å². The van der Waals surface area contributed by atoms with Gasteiger partial charge in [0.2, 0.25) is 0 Å². The lowest BCUT2D eigenvalue weighted by molar-refractivity contribution is 0.100. The van der Waals surface area contributed by atoms with Crippen molar-refractivity contribution in [2.45, 2.75) is 0 Å². The van der Waals surface area contributed by atoms with E-state index in [0.717, 1.165) is 4.47 Å². The maximum Gasteiger partial charge on any atom is 0.285 e. The van der Waals surface area contributed by atoms with Crippen molar-refractivity contribution in [2.75, 3.05) is 0 Å². The molecule has 0 atom stereocenters. The molecule has 1 amide bonds. The molecular formula is C8H3BrClNOS. The minimum Gasteiger partial charge on any atom is -0.266 e. The maximum absolute atomic E-state index is 11.1. The fourth-order valence-corrected chi connectivity index (χ4v) is 1.25. The van der Waals surface area contributed by atoms with E-state index in [1.54, 1.807) is 12.1 Å². The van der Waals surface area contributed by atoms with Crippen LogP contribution in [0, 0.1) is 0 Å². The van der Waals surface area contributed by atoms with E-state index in [-0.39, 0.29) is 0 Å². The highest BCUT2D eigenvalue weighted by Gasteiger charge is 2.05. The number of hydrogen-bond acceptors (Lipinski definition) is 2. The zero-order valence-corrected chi connectivity index (χ0v) is 9.41. The van der Waals surface area contributed by atoms with Crippen molar-refractivity contribution in [3.8, 4) is 0 Å². The standard InChI is InChI=1S/C8H3BrClNOS/c9-6-2-1-5(3-7(6)10)8(12)11-4-13/h1-3H. The molecule has 0 aromatic heterocycles. The number of carbonyl (C=O) groups is 1. The second kappa shape index (κ2) is 4.63. The monoisotopic (exact) mass is 275 g/mol. The zero-order valence-electron chi connectivity index (χ0n) is 6.25. The van der Waals surface area contributed by atoms with Crippen molar-refractivity contribution < 1.29 is 4.79 Å². The Morgan fingerprint density at radius 2 is 2.31 bits per heavy atom. The SMILES string of the molecule is O=C(N=C=S)c1ccc(Br)c(Cl)c1. The Kier molecular flexibility index (Phi) is 3.75. The predicted octanol–water partition coefficient (Wildman–Crippen LogP) is 3.35. The molecule has 0 radical (unpaired) electrons. The van der Waals surface area contributed by atoms with Crippen molar-refractivity contribution in [3.63, 3.8) is 0 Å². The van der Waals surface area contributed by atoms with Crippen molar-refractivity contribution >= 4 is 50.8 Å². The Hall–Kier alpha value is -0.540. The molecule has 0 unspecified atom stereocenters. The van der Waals surface area contributed by atoms with Crippen LogP contribution in [0.15, 0.2) is 27.7 Å². The quantitative estimate of drug-likeness (QED) is 0.581. The Labute approximate surface area is 93.7 Å². The van der Waals surface area contributed by atoms with Crippen LogP contribution in [0.3, 0.4) is 0 Å². The summed E-state index contributed by atoms with van der Waals surface area (Å²) in [4.78, 5) is 14.5. The highest BCUT2D eigenvalue weighted by Crippen LogP contribution is 2.23. The summed E-state index contributed by atoms with van der Waals surface area (Å²) >= 11 is 13.3. The lowest BCUT2D eigenvalue weighted by Gasteiger charge is -1.97. The molecule has 5 heteroatoms. The normalized spacial score (nSPS) is 9.08. The Bertz CT molecular complexity index is 401. The maximum atomic E-state index is 11.1. The summed E-state index contributed by atoms with van der Waals surface area (Å²) in [7, 11) is 0. The molecule has 1 aromatic rings. The summed E-state index contributed by atoms with van der Waals surface area (Å²) in [5, 5.41) is 2.47. The second-order valence-corrected chi connectivity index (χ2v) is 3.58. The number of rotatable bonds is 1. The van der Waals surface area contributed by atoms with Gasteiger partial charge in [-0.2, -0.15) is 4.99 Å². The molecule has 0 aliphatic heterocycles. The number of thiocarbonyl (C=S) groups is 1. The van der Waals surface area contributed by atoms with Gasteiger partial charge in [-0.3, -0.25) is 4.79 Å². The van der Waals surface area contributed by atoms with Gasteiger partial charge in [0.25, 0.3) is 5.91 Å². The van der Waals surface area contributed by atoms with E-state index >= 15 is 0 Å². The van der Waals surface area contributed by atoms with Crippen LogP contribution >= 0.6 is 39.7 Å². The molecule has 1 aromatic carbocycles. The Morgan fingerprint density at radius 3 is 2.85 bits per heavy atom. The summed E-state index contributed by atoms with van der Waals surface area (Å²) in [5.74, 6) is -0.440. The first-order chi connectivity index (χ1) is 6.15. The number of aliphatic imine (C=N–C) groups is 1. The largest absolute Gasteiger partial charge is 0.285 e. The lowest BCUT2D eigenvalue weighted by atomic mass is 10.2. The number of benzene rings is 1. The molecule has 0 heterocycles. The fraction of sp³-hybridized carbons (Fsp3) is 0. The summed E-state index contributed by atoms with van der Waals surface area (Å²) in [6, 6.07) is 4.80. The van der Waals surface area contributed by atoms with Crippen molar-refractivity contribution in [3.05, 3.63) is 33.3 Å². The third-order valence-corrected chi connectivity index (χ3v) is 2.64. The minimum absolute atomic E-state index is 0.394. The van der Waals surface area contributed by atoms with E-state index in [2.05, 4.69) is 33.1 Å². The highest BCUT2D eigenvalue weighted by molar-refractivity contribution is 9.10. The molecule has 0 bridgehead atoms. The van der Waals surface area contributed by atoms with Crippen LogP contribution in [0.4, 0.5) is 0 Å². The highest BCUT2D eigenvalue weighted by atomic mass is 79.9. The zero-order chi connectivity index (χ0) is 9.84. The smallest absolute Gasteiger partial charge is 0.266 e.